The molecule has 170 valence electrons. The van der Waals surface area contributed by atoms with Crippen molar-refractivity contribution in [3.63, 3.8) is 0 Å². The Morgan fingerprint density at radius 2 is 1.78 bits per heavy atom. The largest absolute Gasteiger partial charge is 0.497 e. The predicted molar refractivity (Wildman–Crippen MR) is 124 cm³/mol. The van der Waals surface area contributed by atoms with Gasteiger partial charge in [0.25, 0.3) is 0 Å². The summed E-state index contributed by atoms with van der Waals surface area (Å²) in [7, 11) is 6.43. The van der Waals surface area contributed by atoms with Crippen LogP contribution in [0.1, 0.15) is 19.4 Å². The third kappa shape index (κ3) is 4.89. The van der Waals surface area contributed by atoms with Gasteiger partial charge in [-0.25, -0.2) is 0 Å². The zero-order valence-electron chi connectivity index (χ0n) is 19.3. The second kappa shape index (κ2) is 10.2. The number of amides is 1. The van der Waals surface area contributed by atoms with Crippen LogP contribution in [0.4, 0.5) is 0 Å². The Hall–Kier alpha value is -3.45. The van der Waals surface area contributed by atoms with E-state index in [2.05, 4.69) is 5.32 Å². The number of allylic oxidation sites excluding steroid dienone is 1. The van der Waals surface area contributed by atoms with E-state index >= 15 is 0 Å². The highest BCUT2D eigenvalue weighted by Crippen LogP contribution is 2.41. The monoisotopic (exact) mass is 439 g/mol. The molecule has 0 aliphatic carbocycles. The van der Waals surface area contributed by atoms with Crippen LogP contribution in [-0.4, -0.2) is 47.0 Å². The van der Waals surface area contributed by atoms with Gasteiger partial charge in [0.15, 0.2) is 0 Å². The molecule has 1 atom stereocenters. The van der Waals surface area contributed by atoms with E-state index in [1.165, 1.54) is 0 Å². The van der Waals surface area contributed by atoms with Crippen LogP contribution in [0.5, 0.6) is 17.2 Å². The minimum Gasteiger partial charge on any atom is -0.497 e. The van der Waals surface area contributed by atoms with Crippen LogP contribution in [0.3, 0.4) is 0 Å². The van der Waals surface area contributed by atoms with Crippen molar-refractivity contribution in [2.45, 2.75) is 19.9 Å². The zero-order valence-corrected chi connectivity index (χ0v) is 19.3. The fourth-order valence-electron chi connectivity index (χ4n) is 3.62. The van der Waals surface area contributed by atoms with Gasteiger partial charge in [0.1, 0.15) is 22.8 Å². The van der Waals surface area contributed by atoms with E-state index in [1.54, 1.807) is 40.8 Å². The maximum atomic E-state index is 12.4. The SMILES string of the molecule is COCC(C)NC(=O)/C=C(\C)c1cc2c(-c3cc(OC)ccc3OC)coc2cc1OC. The van der Waals surface area contributed by atoms with Gasteiger partial charge in [-0.3, -0.25) is 4.79 Å². The lowest BCUT2D eigenvalue weighted by molar-refractivity contribution is -0.117. The Labute approximate surface area is 187 Å². The lowest BCUT2D eigenvalue weighted by Gasteiger charge is -2.13. The molecule has 1 N–H and O–H groups in total. The van der Waals surface area contributed by atoms with Crippen LogP contribution in [0.25, 0.3) is 27.7 Å². The maximum Gasteiger partial charge on any atom is 0.244 e. The normalized spacial score (nSPS) is 12.5. The number of rotatable bonds is 9. The molecule has 3 rings (SSSR count). The molecular weight excluding hydrogens is 410 g/mol. The van der Waals surface area contributed by atoms with Gasteiger partial charge in [-0.1, -0.05) is 0 Å². The number of nitrogens with one attached hydrogen (secondary N) is 1. The van der Waals surface area contributed by atoms with E-state index in [-0.39, 0.29) is 11.9 Å². The number of ether oxygens (including phenoxy) is 4. The molecule has 0 aliphatic heterocycles. The van der Waals surface area contributed by atoms with Crippen molar-refractivity contribution in [2.24, 2.45) is 0 Å². The average Bonchev–Trinajstić information content (AvgIpc) is 3.20. The molecule has 0 radical (unpaired) electrons. The van der Waals surface area contributed by atoms with E-state index in [1.807, 2.05) is 44.2 Å². The number of benzene rings is 2. The van der Waals surface area contributed by atoms with Crippen LogP contribution in [0.2, 0.25) is 0 Å². The van der Waals surface area contributed by atoms with Gasteiger partial charge >= 0.3 is 0 Å². The predicted octanol–water partition coefficient (Wildman–Crippen LogP) is 4.68. The van der Waals surface area contributed by atoms with Crippen LogP contribution in [-0.2, 0) is 9.53 Å². The summed E-state index contributed by atoms with van der Waals surface area (Å²) in [6, 6.07) is 9.29. The molecule has 0 saturated heterocycles. The second-order valence-corrected chi connectivity index (χ2v) is 7.46. The molecule has 0 bridgehead atoms. The molecule has 32 heavy (non-hydrogen) atoms. The first-order chi connectivity index (χ1) is 15.4. The summed E-state index contributed by atoms with van der Waals surface area (Å²) in [6.07, 6.45) is 3.24. The number of methoxy groups -OCH3 is 4. The Kier molecular flexibility index (Phi) is 7.43. The van der Waals surface area contributed by atoms with Gasteiger partial charge in [-0.2, -0.15) is 0 Å². The first-order valence-electron chi connectivity index (χ1n) is 10.2. The number of hydrogen-bond donors (Lipinski definition) is 1. The highest BCUT2D eigenvalue weighted by molar-refractivity contribution is 6.01. The van der Waals surface area contributed by atoms with Crippen molar-refractivity contribution in [1.29, 1.82) is 0 Å². The third-order valence-electron chi connectivity index (χ3n) is 5.17. The molecule has 0 saturated carbocycles. The highest BCUT2D eigenvalue weighted by atomic mass is 16.5. The minimum atomic E-state index is -0.198. The summed E-state index contributed by atoms with van der Waals surface area (Å²) in [5.74, 6) is 1.82. The second-order valence-electron chi connectivity index (χ2n) is 7.46. The quantitative estimate of drug-likeness (QED) is 0.488. The Morgan fingerprint density at radius 1 is 1.03 bits per heavy atom. The molecule has 2 aromatic carbocycles. The van der Waals surface area contributed by atoms with E-state index in [0.717, 1.165) is 27.6 Å². The molecule has 7 nitrogen and oxygen atoms in total. The molecular formula is C25H29NO6. The molecule has 0 spiro atoms. The van der Waals surface area contributed by atoms with Crippen LogP contribution >= 0.6 is 0 Å². The van der Waals surface area contributed by atoms with E-state index < -0.39 is 0 Å². The average molecular weight is 440 g/mol. The van der Waals surface area contributed by atoms with Gasteiger partial charge in [0.05, 0.1) is 34.2 Å². The van der Waals surface area contributed by atoms with E-state index in [4.69, 9.17) is 23.4 Å². The summed E-state index contributed by atoms with van der Waals surface area (Å²) < 4.78 is 27.4. The maximum absolute atomic E-state index is 12.4. The Morgan fingerprint density at radius 3 is 2.44 bits per heavy atom. The summed E-state index contributed by atoms with van der Waals surface area (Å²) in [4.78, 5) is 12.4. The number of carbonyl (C=O) groups is 1. The van der Waals surface area contributed by atoms with Crippen LogP contribution in [0.15, 0.2) is 47.1 Å². The topological polar surface area (TPSA) is 79.2 Å². The van der Waals surface area contributed by atoms with Crippen molar-refractivity contribution < 1.29 is 28.2 Å². The zero-order chi connectivity index (χ0) is 23.3. The summed E-state index contributed by atoms with van der Waals surface area (Å²) in [5, 5.41) is 3.75. The number of hydrogen-bond acceptors (Lipinski definition) is 6. The van der Waals surface area contributed by atoms with Gasteiger partial charge < -0.3 is 28.7 Å². The molecule has 1 aromatic heterocycles. The van der Waals surface area contributed by atoms with E-state index in [9.17, 15) is 4.79 Å². The van der Waals surface area contributed by atoms with E-state index in [0.29, 0.717) is 29.4 Å². The van der Waals surface area contributed by atoms with Crippen LogP contribution < -0.4 is 19.5 Å². The smallest absolute Gasteiger partial charge is 0.244 e. The molecule has 1 unspecified atom stereocenters. The number of fused-ring (bicyclic) bond motifs is 1. The number of carbonyl (C=O) groups excluding carboxylic acids is 1. The lowest BCUT2D eigenvalue weighted by Crippen LogP contribution is -2.34. The molecule has 1 heterocycles. The van der Waals surface area contributed by atoms with Crippen molar-refractivity contribution in [3.8, 4) is 28.4 Å². The van der Waals surface area contributed by atoms with Crippen molar-refractivity contribution in [1.82, 2.24) is 5.32 Å². The molecule has 3 aromatic rings. The molecule has 0 fully saturated rings. The van der Waals surface area contributed by atoms with Crippen molar-refractivity contribution in [3.05, 3.63) is 48.2 Å². The lowest BCUT2D eigenvalue weighted by atomic mass is 9.98. The van der Waals surface area contributed by atoms with Gasteiger partial charge in [-0.05, 0) is 43.7 Å². The Bertz CT molecular complexity index is 1130. The first kappa shape index (κ1) is 23.2. The van der Waals surface area contributed by atoms with Gasteiger partial charge in [0.2, 0.25) is 5.91 Å². The van der Waals surface area contributed by atoms with Crippen LogP contribution in [0, 0.1) is 0 Å². The summed E-state index contributed by atoms with van der Waals surface area (Å²) in [6.45, 7) is 4.20. The first-order valence-corrected chi connectivity index (χ1v) is 10.2. The fourth-order valence-corrected chi connectivity index (χ4v) is 3.62. The van der Waals surface area contributed by atoms with Gasteiger partial charge in [0, 0.05) is 47.4 Å². The summed E-state index contributed by atoms with van der Waals surface area (Å²) >= 11 is 0. The van der Waals surface area contributed by atoms with Crippen molar-refractivity contribution >= 4 is 22.4 Å². The highest BCUT2D eigenvalue weighted by Gasteiger charge is 2.18. The molecule has 7 heteroatoms. The van der Waals surface area contributed by atoms with Crippen molar-refractivity contribution in [2.75, 3.05) is 35.0 Å². The fraction of sp³-hybridized carbons (Fsp3) is 0.320. The van der Waals surface area contributed by atoms with Gasteiger partial charge in [-0.15, -0.1) is 0 Å². The Balaban J connectivity index is 2.08. The summed E-state index contributed by atoms with van der Waals surface area (Å²) in [5.41, 5.74) is 3.91. The molecule has 1 amide bonds. The number of furan rings is 1. The minimum absolute atomic E-state index is 0.0954. The standard InChI is InChI=1S/C25H29NO6/c1-15(9-25(27)26-16(2)13-28-3)18-11-20-21(14-32-24(20)12-23(18)31-6)19-10-17(29-4)7-8-22(19)30-5/h7-12,14,16H,13H2,1-6H3,(H,26,27)/b15-9+. The molecule has 0 aliphatic rings. The third-order valence-corrected chi connectivity index (χ3v) is 5.17.